The molecule has 0 aliphatic rings. The average molecular weight is 322 g/mol. The molecule has 1 aromatic heterocycles. The Balaban J connectivity index is 2.28. The van der Waals surface area contributed by atoms with Crippen LogP contribution in [0, 0.1) is 19.7 Å². The van der Waals surface area contributed by atoms with Gasteiger partial charge in [0, 0.05) is 27.8 Å². The molecule has 2 rings (SSSR count). The van der Waals surface area contributed by atoms with Crippen LogP contribution >= 0.6 is 15.9 Å². The first-order valence-corrected chi connectivity index (χ1v) is 6.68. The molecular weight excluding hydrogens is 309 g/mol. The number of ketones is 1. The molecule has 4 heteroatoms. The first-order valence-electron chi connectivity index (χ1n) is 5.89. The molecule has 0 N–H and O–H groups in total. The van der Waals surface area contributed by atoms with Crippen molar-refractivity contribution in [2.24, 2.45) is 0 Å². The molecule has 0 radical (unpaired) electrons. The lowest BCUT2D eigenvalue weighted by molar-refractivity contribution is 0.0991. The Hall–Kier alpha value is -1.55. The molecule has 0 aliphatic heterocycles. The molecule has 2 aromatic rings. The van der Waals surface area contributed by atoms with Gasteiger partial charge in [-0.05, 0) is 49.7 Å². The molecule has 1 aromatic carbocycles. The number of pyridine rings is 1. The zero-order valence-electron chi connectivity index (χ0n) is 10.7. The number of nitrogens with zero attached hydrogens (tertiary/aromatic N) is 1. The number of aryl methyl sites for hydroxylation is 2. The summed E-state index contributed by atoms with van der Waals surface area (Å²) in [6, 6.07) is 8.13. The van der Waals surface area contributed by atoms with Gasteiger partial charge in [0.15, 0.2) is 5.78 Å². The van der Waals surface area contributed by atoms with Gasteiger partial charge < -0.3 is 0 Å². The predicted molar refractivity (Wildman–Crippen MR) is 75.8 cm³/mol. The van der Waals surface area contributed by atoms with Gasteiger partial charge >= 0.3 is 0 Å². The number of carbonyl (C=O) groups is 1. The summed E-state index contributed by atoms with van der Waals surface area (Å²) < 4.78 is 14.4. The van der Waals surface area contributed by atoms with Crippen molar-refractivity contribution in [3.05, 3.63) is 63.1 Å². The molecule has 0 bridgehead atoms. The minimum absolute atomic E-state index is 0.0385. The van der Waals surface area contributed by atoms with E-state index in [1.165, 1.54) is 6.07 Å². The number of aromatic nitrogens is 1. The van der Waals surface area contributed by atoms with E-state index in [9.17, 15) is 9.18 Å². The van der Waals surface area contributed by atoms with Gasteiger partial charge in [-0.1, -0.05) is 15.9 Å². The topological polar surface area (TPSA) is 30.0 Å². The van der Waals surface area contributed by atoms with Crippen LogP contribution in [0.25, 0.3) is 0 Å². The number of carbonyl (C=O) groups excluding carboxylic acids is 1. The Labute approximate surface area is 119 Å². The van der Waals surface area contributed by atoms with Gasteiger partial charge in [0.2, 0.25) is 0 Å². The van der Waals surface area contributed by atoms with Crippen LogP contribution < -0.4 is 0 Å². The molecule has 19 heavy (non-hydrogen) atoms. The van der Waals surface area contributed by atoms with E-state index in [0.29, 0.717) is 16.8 Å². The van der Waals surface area contributed by atoms with Crippen molar-refractivity contribution in [2.75, 3.05) is 0 Å². The second kappa shape index (κ2) is 5.61. The van der Waals surface area contributed by atoms with Gasteiger partial charge in [0.05, 0.1) is 0 Å². The van der Waals surface area contributed by atoms with E-state index < -0.39 is 0 Å². The van der Waals surface area contributed by atoms with Gasteiger partial charge in [-0.15, -0.1) is 0 Å². The summed E-state index contributed by atoms with van der Waals surface area (Å²) in [5, 5.41) is 0. The van der Waals surface area contributed by atoms with E-state index in [2.05, 4.69) is 20.9 Å². The second-order valence-corrected chi connectivity index (χ2v) is 5.34. The zero-order chi connectivity index (χ0) is 14.0. The van der Waals surface area contributed by atoms with Crippen molar-refractivity contribution in [2.45, 2.75) is 20.3 Å². The number of Topliss-reactive ketones (excluding diaryl/α,β-unsaturated/α-hetero) is 1. The van der Waals surface area contributed by atoms with Crippen LogP contribution in [0.3, 0.4) is 0 Å². The normalized spacial score (nSPS) is 10.5. The van der Waals surface area contributed by atoms with Crippen LogP contribution in [0.5, 0.6) is 0 Å². The maximum absolute atomic E-state index is 13.6. The summed E-state index contributed by atoms with van der Waals surface area (Å²) in [5.74, 6) is -0.490. The maximum atomic E-state index is 13.6. The van der Waals surface area contributed by atoms with E-state index >= 15 is 0 Å². The number of halogens is 2. The first kappa shape index (κ1) is 13.9. The van der Waals surface area contributed by atoms with E-state index in [4.69, 9.17) is 0 Å². The van der Waals surface area contributed by atoms with Gasteiger partial charge in [0.25, 0.3) is 0 Å². The van der Waals surface area contributed by atoms with Crippen molar-refractivity contribution < 1.29 is 9.18 Å². The van der Waals surface area contributed by atoms with Crippen LogP contribution in [0.2, 0.25) is 0 Å². The second-order valence-electron chi connectivity index (χ2n) is 4.42. The minimum atomic E-state index is -0.366. The summed E-state index contributed by atoms with van der Waals surface area (Å²) in [7, 11) is 0. The SMILES string of the molecule is Cc1ccc(C(=O)Cc2cc(Br)ccc2F)c(C)n1. The fraction of sp³-hybridized carbons (Fsp3) is 0.200. The molecule has 1 heterocycles. The van der Waals surface area contributed by atoms with Crippen LogP contribution in [0.4, 0.5) is 4.39 Å². The lowest BCUT2D eigenvalue weighted by Gasteiger charge is -2.06. The summed E-state index contributed by atoms with van der Waals surface area (Å²) >= 11 is 3.28. The molecule has 2 nitrogen and oxygen atoms in total. The van der Waals surface area contributed by atoms with E-state index in [1.54, 1.807) is 31.2 Å². The van der Waals surface area contributed by atoms with Crippen molar-refractivity contribution in [1.29, 1.82) is 0 Å². The van der Waals surface area contributed by atoms with Crippen LogP contribution in [0.1, 0.15) is 27.3 Å². The highest BCUT2D eigenvalue weighted by molar-refractivity contribution is 9.10. The lowest BCUT2D eigenvalue weighted by Crippen LogP contribution is -2.08. The predicted octanol–water partition coefficient (Wildman–Crippen LogP) is 4.03. The third-order valence-corrected chi connectivity index (χ3v) is 3.38. The maximum Gasteiger partial charge on any atom is 0.169 e. The standard InChI is InChI=1S/C15H13BrFNO/c1-9-3-5-13(10(2)18-9)15(19)8-11-7-12(16)4-6-14(11)17/h3-7H,8H2,1-2H3. The highest BCUT2D eigenvalue weighted by atomic mass is 79.9. The van der Waals surface area contributed by atoms with Crippen LogP contribution in [-0.4, -0.2) is 10.8 Å². The number of rotatable bonds is 3. The quantitative estimate of drug-likeness (QED) is 0.799. The molecule has 0 amide bonds. The van der Waals surface area contributed by atoms with Crippen molar-refractivity contribution >= 4 is 21.7 Å². The fourth-order valence-corrected chi connectivity index (χ4v) is 2.34. The summed E-state index contributed by atoms with van der Waals surface area (Å²) in [4.78, 5) is 16.4. The Bertz CT molecular complexity index is 640. The first-order chi connectivity index (χ1) is 8.97. The number of benzene rings is 1. The van der Waals surface area contributed by atoms with Gasteiger partial charge in [-0.3, -0.25) is 9.78 Å². The molecule has 0 atom stereocenters. The third kappa shape index (κ3) is 3.26. The van der Waals surface area contributed by atoms with Gasteiger partial charge in [0.1, 0.15) is 5.82 Å². The van der Waals surface area contributed by atoms with Crippen molar-refractivity contribution in [1.82, 2.24) is 4.98 Å². The number of hydrogen-bond acceptors (Lipinski definition) is 2. The van der Waals surface area contributed by atoms with Crippen molar-refractivity contribution in [3.8, 4) is 0 Å². The molecule has 0 saturated carbocycles. The Morgan fingerprint density at radius 3 is 2.68 bits per heavy atom. The minimum Gasteiger partial charge on any atom is -0.294 e. The molecular formula is C15H13BrFNO. The monoisotopic (exact) mass is 321 g/mol. The van der Waals surface area contributed by atoms with E-state index in [1.807, 2.05) is 6.92 Å². The molecule has 0 unspecified atom stereocenters. The van der Waals surface area contributed by atoms with Gasteiger partial charge in [-0.25, -0.2) is 4.39 Å². The van der Waals surface area contributed by atoms with Crippen LogP contribution in [0.15, 0.2) is 34.8 Å². The third-order valence-electron chi connectivity index (χ3n) is 2.88. The van der Waals surface area contributed by atoms with E-state index in [-0.39, 0.29) is 18.0 Å². The highest BCUT2D eigenvalue weighted by Crippen LogP contribution is 2.18. The molecule has 0 spiro atoms. The largest absolute Gasteiger partial charge is 0.294 e. The Kier molecular flexibility index (Phi) is 4.10. The highest BCUT2D eigenvalue weighted by Gasteiger charge is 2.13. The average Bonchev–Trinajstić information content (AvgIpc) is 2.33. The fourth-order valence-electron chi connectivity index (χ4n) is 1.93. The molecule has 98 valence electrons. The summed E-state index contributed by atoms with van der Waals surface area (Å²) in [6.45, 7) is 3.66. The Morgan fingerprint density at radius 2 is 2.00 bits per heavy atom. The zero-order valence-corrected chi connectivity index (χ0v) is 12.3. The lowest BCUT2D eigenvalue weighted by atomic mass is 10.0. The summed E-state index contributed by atoms with van der Waals surface area (Å²) in [6.07, 6.45) is 0.0385. The van der Waals surface area contributed by atoms with E-state index in [0.717, 1.165) is 10.2 Å². The smallest absolute Gasteiger partial charge is 0.169 e. The summed E-state index contributed by atoms with van der Waals surface area (Å²) in [5.41, 5.74) is 2.48. The van der Waals surface area contributed by atoms with Crippen molar-refractivity contribution in [3.63, 3.8) is 0 Å². The molecule has 0 aliphatic carbocycles. The molecule has 0 fully saturated rings. The Morgan fingerprint density at radius 1 is 1.26 bits per heavy atom. The van der Waals surface area contributed by atoms with Gasteiger partial charge in [-0.2, -0.15) is 0 Å². The van der Waals surface area contributed by atoms with Crippen LogP contribution in [-0.2, 0) is 6.42 Å². The number of hydrogen-bond donors (Lipinski definition) is 0. The molecule has 0 saturated heterocycles.